The van der Waals surface area contributed by atoms with Crippen LogP contribution in [-0.4, -0.2) is 77.8 Å². The third-order valence-corrected chi connectivity index (χ3v) is 5.18. The summed E-state index contributed by atoms with van der Waals surface area (Å²) in [6.45, 7) is 4.72. The van der Waals surface area contributed by atoms with E-state index < -0.39 is 0 Å². The van der Waals surface area contributed by atoms with Crippen molar-refractivity contribution in [2.75, 3.05) is 46.0 Å². The van der Waals surface area contributed by atoms with E-state index in [9.17, 15) is 9.59 Å². The number of H-pyrrole nitrogens is 1. The van der Waals surface area contributed by atoms with Gasteiger partial charge in [-0.3, -0.25) is 19.5 Å². The van der Waals surface area contributed by atoms with E-state index in [1.807, 2.05) is 12.1 Å². The highest BCUT2D eigenvalue weighted by Gasteiger charge is 2.38. The molecule has 4 heterocycles. The number of nitrogens with one attached hydrogen (secondary N) is 1. The molecule has 0 aliphatic carbocycles. The van der Waals surface area contributed by atoms with Gasteiger partial charge in [0.05, 0.1) is 32.0 Å². The zero-order valence-corrected chi connectivity index (χ0v) is 15.6. The molecule has 0 saturated carbocycles. The maximum atomic E-state index is 13.2. The topological polar surface area (TPSA) is 87.8 Å². The van der Waals surface area contributed by atoms with Crippen LogP contribution in [0.15, 0.2) is 47.5 Å². The summed E-state index contributed by atoms with van der Waals surface area (Å²) in [4.78, 5) is 35.9. The van der Waals surface area contributed by atoms with Crippen LogP contribution in [0.2, 0.25) is 0 Å². The fraction of sp³-hybridized carbons (Fsp3) is 0.450. The number of carbonyl (C=O) groups is 1. The number of hydrogen-bond donors (Lipinski definition) is 1. The van der Waals surface area contributed by atoms with E-state index in [2.05, 4.69) is 14.9 Å². The molecule has 8 heteroatoms. The summed E-state index contributed by atoms with van der Waals surface area (Å²) in [7, 11) is 0. The van der Waals surface area contributed by atoms with Gasteiger partial charge in [-0.25, -0.2) is 0 Å². The van der Waals surface area contributed by atoms with E-state index >= 15 is 0 Å². The largest absolute Gasteiger partial charge is 0.379 e. The first-order chi connectivity index (χ1) is 13.7. The van der Waals surface area contributed by atoms with Crippen LogP contribution >= 0.6 is 0 Å². The summed E-state index contributed by atoms with van der Waals surface area (Å²) in [6, 6.07) is 8.18. The summed E-state index contributed by atoms with van der Waals surface area (Å²) >= 11 is 0. The molecule has 8 nitrogen and oxygen atoms in total. The summed E-state index contributed by atoms with van der Waals surface area (Å²) in [5.74, 6) is -0.207. The number of ether oxygens (including phenoxy) is 2. The Morgan fingerprint density at radius 1 is 1.14 bits per heavy atom. The van der Waals surface area contributed by atoms with Crippen molar-refractivity contribution in [3.05, 3.63) is 64.3 Å². The molecule has 1 amide bonds. The number of aromatic amines is 1. The van der Waals surface area contributed by atoms with Crippen LogP contribution < -0.4 is 5.56 Å². The average Bonchev–Trinajstić information content (AvgIpc) is 2.74. The SMILES string of the molecule is O=C(c1cccc(=O)[nH]1)N1CCO[C@@H](CN2CCOCC2)[C@@H]1c1cccnc1. The molecule has 2 fully saturated rings. The molecule has 1 N–H and O–H groups in total. The van der Waals surface area contributed by atoms with Gasteiger partial charge < -0.3 is 19.4 Å². The Labute approximate surface area is 163 Å². The van der Waals surface area contributed by atoms with Crippen LogP contribution in [0.25, 0.3) is 0 Å². The minimum absolute atomic E-state index is 0.185. The smallest absolute Gasteiger partial charge is 0.271 e. The molecule has 28 heavy (non-hydrogen) atoms. The molecule has 148 valence electrons. The molecule has 4 rings (SSSR count). The quantitative estimate of drug-likeness (QED) is 0.834. The highest BCUT2D eigenvalue weighted by atomic mass is 16.5. The van der Waals surface area contributed by atoms with Gasteiger partial charge in [0.15, 0.2) is 0 Å². The second kappa shape index (κ2) is 8.64. The van der Waals surface area contributed by atoms with Crippen molar-refractivity contribution < 1.29 is 14.3 Å². The van der Waals surface area contributed by atoms with Crippen molar-refractivity contribution in [3.63, 3.8) is 0 Å². The Bertz CT molecular complexity index is 851. The van der Waals surface area contributed by atoms with Crippen LogP contribution in [0.3, 0.4) is 0 Å². The van der Waals surface area contributed by atoms with Crippen molar-refractivity contribution >= 4 is 5.91 Å². The van der Waals surface area contributed by atoms with E-state index in [0.29, 0.717) is 32.9 Å². The van der Waals surface area contributed by atoms with Crippen LogP contribution in [0, 0.1) is 0 Å². The minimum atomic E-state index is -0.290. The Kier molecular flexibility index (Phi) is 5.80. The fourth-order valence-corrected chi connectivity index (χ4v) is 3.82. The first kappa shape index (κ1) is 18.8. The normalized spacial score (nSPS) is 23.5. The van der Waals surface area contributed by atoms with Gasteiger partial charge in [0.1, 0.15) is 5.69 Å². The van der Waals surface area contributed by atoms with Crippen LogP contribution in [0.4, 0.5) is 0 Å². The van der Waals surface area contributed by atoms with Crippen molar-refractivity contribution in [1.29, 1.82) is 0 Å². The van der Waals surface area contributed by atoms with Gasteiger partial charge in [-0.2, -0.15) is 0 Å². The molecule has 0 unspecified atom stereocenters. The molecule has 2 aliphatic rings. The van der Waals surface area contributed by atoms with Crippen LogP contribution in [-0.2, 0) is 9.47 Å². The molecule has 0 radical (unpaired) electrons. The van der Waals surface area contributed by atoms with Gasteiger partial charge in [0.2, 0.25) is 5.56 Å². The van der Waals surface area contributed by atoms with E-state index in [1.165, 1.54) is 6.07 Å². The van der Waals surface area contributed by atoms with E-state index in [-0.39, 0.29) is 29.3 Å². The Balaban J connectivity index is 1.63. The number of pyridine rings is 2. The summed E-state index contributed by atoms with van der Waals surface area (Å²) in [6.07, 6.45) is 3.31. The Hall–Kier alpha value is -2.55. The number of aromatic nitrogens is 2. The molecule has 2 saturated heterocycles. The second-order valence-corrected chi connectivity index (χ2v) is 6.98. The lowest BCUT2D eigenvalue weighted by molar-refractivity contribution is -0.0820. The Morgan fingerprint density at radius 2 is 2.00 bits per heavy atom. The van der Waals surface area contributed by atoms with E-state index in [0.717, 1.165) is 18.7 Å². The maximum Gasteiger partial charge on any atom is 0.271 e. The average molecular weight is 384 g/mol. The first-order valence-corrected chi connectivity index (χ1v) is 9.54. The number of amides is 1. The lowest BCUT2D eigenvalue weighted by atomic mass is 9.98. The molecule has 0 bridgehead atoms. The van der Waals surface area contributed by atoms with Gasteiger partial charge in [-0.1, -0.05) is 12.1 Å². The fourth-order valence-electron chi connectivity index (χ4n) is 3.82. The third kappa shape index (κ3) is 4.14. The van der Waals surface area contributed by atoms with Crippen molar-refractivity contribution in [3.8, 4) is 0 Å². The molecular formula is C20H24N4O4. The van der Waals surface area contributed by atoms with Gasteiger partial charge in [-0.15, -0.1) is 0 Å². The second-order valence-electron chi connectivity index (χ2n) is 6.98. The predicted octanol–water partition coefficient (Wildman–Crippen LogP) is 0.684. The van der Waals surface area contributed by atoms with E-state index in [4.69, 9.17) is 9.47 Å². The van der Waals surface area contributed by atoms with Crippen LogP contribution in [0.5, 0.6) is 0 Å². The number of carbonyl (C=O) groups excluding carboxylic acids is 1. The number of rotatable bonds is 4. The molecule has 0 spiro atoms. The lowest BCUT2D eigenvalue weighted by Crippen LogP contribution is -2.53. The zero-order valence-electron chi connectivity index (χ0n) is 15.6. The van der Waals surface area contributed by atoms with E-state index in [1.54, 1.807) is 29.4 Å². The standard InChI is InChI=1S/C20H24N4O4/c25-18-5-1-4-16(22-18)20(26)24-9-12-28-17(14-23-7-10-27-11-8-23)19(24)15-3-2-6-21-13-15/h1-6,13,17,19H,7-12,14H2,(H,22,25)/t17-,19-/m0/s1. The number of morpholine rings is 2. The maximum absolute atomic E-state index is 13.2. The number of hydrogen-bond acceptors (Lipinski definition) is 6. The minimum Gasteiger partial charge on any atom is -0.379 e. The molecule has 0 aromatic carbocycles. The zero-order chi connectivity index (χ0) is 19.3. The van der Waals surface area contributed by atoms with Gasteiger partial charge in [0.25, 0.3) is 5.91 Å². The predicted molar refractivity (Wildman–Crippen MR) is 102 cm³/mol. The molecule has 2 aliphatic heterocycles. The molecule has 2 atom stereocenters. The number of nitrogens with zero attached hydrogens (tertiary/aromatic N) is 3. The summed E-state index contributed by atoms with van der Waals surface area (Å²) < 4.78 is 11.5. The highest BCUT2D eigenvalue weighted by Crippen LogP contribution is 2.31. The van der Waals surface area contributed by atoms with Gasteiger partial charge in [-0.05, 0) is 17.7 Å². The van der Waals surface area contributed by atoms with Gasteiger partial charge in [0, 0.05) is 44.6 Å². The third-order valence-electron chi connectivity index (χ3n) is 5.18. The first-order valence-electron chi connectivity index (χ1n) is 9.54. The molecular weight excluding hydrogens is 360 g/mol. The molecule has 2 aromatic rings. The Morgan fingerprint density at radius 3 is 2.75 bits per heavy atom. The van der Waals surface area contributed by atoms with Crippen molar-refractivity contribution in [2.45, 2.75) is 12.1 Å². The highest BCUT2D eigenvalue weighted by molar-refractivity contribution is 5.92. The van der Waals surface area contributed by atoms with Gasteiger partial charge >= 0.3 is 0 Å². The lowest BCUT2D eigenvalue weighted by Gasteiger charge is -2.43. The van der Waals surface area contributed by atoms with Crippen molar-refractivity contribution in [1.82, 2.24) is 19.8 Å². The van der Waals surface area contributed by atoms with Crippen LogP contribution in [0.1, 0.15) is 22.1 Å². The summed E-state index contributed by atoms with van der Waals surface area (Å²) in [5.41, 5.74) is 0.919. The summed E-state index contributed by atoms with van der Waals surface area (Å²) in [5, 5.41) is 0. The monoisotopic (exact) mass is 384 g/mol. The molecule has 2 aromatic heterocycles. The van der Waals surface area contributed by atoms with Crippen molar-refractivity contribution in [2.24, 2.45) is 0 Å².